The Balaban J connectivity index is 1.55. The number of nitrogens with zero attached hydrogens (tertiary/aromatic N) is 5. The molecule has 1 unspecified atom stereocenters. The van der Waals surface area contributed by atoms with Gasteiger partial charge >= 0.3 is 0 Å². The Hall–Kier alpha value is -4.07. The van der Waals surface area contributed by atoms with Crippen LogP contribution in [-0.4, -0.2) is 38.0 Å². The van der Waals surface area contributed by atoms with Gasteiger partial charge in [0.2, 0.25) is 0 Å². The maximum atomic E-state index is 13.4. The van der Waals surface area contributed by atoms with Gasteiger partial charge in [0, 0.05) is 18.0 Å². The van der Waals surface area contributed by atoms with Crippen LogP contribution in [0.25, 0.3) is 17.1 Å². The first-order valence-corrected chi connectivity index (χ1v) is 11.8. The fourth-order valence-electron chi connectivity index (χ4n) is 4.57. The van der Waals surface area contributed by atoms with Crippen LogP contribution in [-0.2, 0) is 0 Å². The van der Waals surface area contributed by atoms with Gasteiger partial charge in [-0.1, -0.05) is 18.7 Å². The van der Waals surface area contributed by atoms with E-state index in [9.17, 15) is 4.79 Å². The van der Waals surface area contributed by atoms with E-state index >= 15 is 0 Å². The number of anilines is 1. The van der Waals surface area contributed by atoms with Gasteiger partial charge in [-0.3, -0.25) is 9.79 Å². The number of fused-ring (bicyclic) bond motifs is 8. The third kappa shape index (κ3) is 4.77. The van der Waals surface area contributed by atoms with E-state index in [-0.39, 0.29) is 5.91 Å². The third-order valence-electron chi connectivity index (χ3n) is 6.61. The zero-order valence-electron chi connectivity index (χ0n) is 19.9. The van der Waals surface area contributed by atoms with Crippen LogP contribution in [0, 0.1) is 5.92 Å². The van der Waals surface area contributed by atoms with Crippen LogP contribution in [0.3, 0.4) is 0 Å². The van der Waals surface area contributed by atoms with Crippen LogP contribution in [0.15, 0.2) is 66.6 Å². The van der Waals surface area contributed by atoms with Crippen molar-refractivity contribution in [2.45, 2.75) is 39.2 Å². The summed E-state index contributed by atoms with van der Waals surface area (Å²) in [6.45, 7) is 8.13. The summed E-state index contributed by atoms with van der Waals surface area (Å²) < 4.78 is 8.33. The number of hydrogen-bond acceptors (Lipinski definition) is 6. The van der Waals surface area contributed by atoms with E-state index in [1.165, 1.54) is 0 Å². The Labute approximate surface area is 204 Å². The summed E-state index contributed by atoms with van der Waals surface area (Å²) in [5, 5.41) is 11.4. The highest BCUT2D eigenvalue weighted by atomic mass is 16.5. The van der Waals surface area contributed by atoms with E-state index in [1.54, 1.807) is 24.7 Å². The smallest absolute Gasteiger partial charge is 0.260 e. The maximum absolute atomic E-state index is 13.4. The van der Waals surface area contributed by atoms with Crippen molar-refractivity contribution in [3.8, 4) is 17.3 Å². The Morgan fingerprint density at radius 1 is 1.26 bits per heavy atom. The monoisotopic (exact) mass is 468 g/mol. The van der Waals surface area contributed by atoms with Crippen molar-refractivity contribution in [2.24, 2.45) is 10.9 Å². The fourth-order valence-corrected chi connectivity index (χ4v) is 4.57. The SMILES string of the molecule is C=CC(C)=N/C=C(\C)c1ccc2c(c1)C(=O)Nc1cccc(n1)-c1nncn1[C@H]1CCC(CO2)C1. The number of amides is 1. The Kier molecular flexibility index (Phi) is 6.27. The summed E-state index contributed by atoms with van der Waals surface area (Å²) in [4.78, 5) is 22.5. The van der Waals surface area contributed by atoms with Crippen molar-refractivity contribution in [1.29, 1.82) is 0 Å². The molecule has 0 spiro atoms. The standard InChI is InChI=1S/C27H28N6O2/c1-4-18(3)28-14-17(2)20-9-11-24-22(13-20)27(34)31-25-7-5-6-23(30-25)26-32-29-16-33(26)21-10-8-19(12-21)15-35-24/h4-7,9,11,13-14,16,19,21H,1,8,10,12,15H2,2-3H3,(H,30,31,34)/b17-14+,28-18?/t19?,21-/m0/s1. The average Bonchev–Trinajstić information content (AvgIpc) is 3.55. The van der Waals surface area contributed by atoms with E-state index in [0.717, 1.165) is 36.1 Å². The molecule has 1 N–H and O–H groups in total. The predicted molar refractivity (Wildman–Crippen MR) is 136 cm³/mol. The second-order valence-corrected chi connectivity index (χ2v) is 9.07. The minimum atomic E-state index is -0.284. The van der Waals surface area contributed by atoms with Crippen LogP contribution in [0.4, 0.5) is 5.82 Å². The molecule has 0 radical (unpaired) electrons. The number of benzene rings is 1. The number of pyridine rings is 1. The summed E-state index contributed by atoms with van der Waals surface area (Å²) in [6.07, 6.45) is 8.28. The molecule has 3 heterocycles. The lowest BCUT2D eigenvalue weighted by molar-refractivity contribution is 0.102. The molecule has 4 bridgehead atoms. The summed E-state index contributed by atoms with van der Waals surface area (Å²) in [5.74, 6) is 1.81. The van der Waals surface area contributed by atoms with Crippen LogP contribution >= 0.6 is 0 Å². The molecule has 178 valence electrons. The van der Waals surface area contributed by atoms with Gasteiger partial charge in [-0.2, -0.15) is 0 Å². The molecule has 1 aliphatic carbocycles. The number of carbonyl (C=O) groups excluding carboxylic acids is 1. The molecule has 2 aromatic heterocycles. The highest BCUT2D eigenvalue weighted by Crippen LogP contribution is 2.37. The first kappa shape index (κ1) is 22.7. The van der Waals surface area contributed by atoms with Crippen molar-refractivity contribution < 1.29 is 9.53 Å². The van der Waals surface area contributed by atoms with E-state index in [0.29, 0.717) is 47.2 Å². The number of ether oxygens (including phenoxy) is 1. The van der Waals surface area contributed by atoms with Gasteiger partial charge < -0.3 is 14.6 Å². The van der Waals surface area contributed by atoms with Crippen LogP contribution in [0.1, 0.15) is 55.1 Å². The van der Waals surface area contributed by atoms with Gasteiger partial charge in [-0.15, -0.1) is 10.2 Å². The molecule has 8 nitrogen and oxygen atoms in total. The topological polar surface area (TPSA) is 94.3 Å². The lowest BCUT2D eigenvalue weighted by Crippen LogP contribution is -2.18. The van der Waals surface area contributed by atoms with Gasteiger partial charge in [0.15, 0.2) is 5.82 Å². The van der Waals surface area contributed by atoms with Crippen molar-refractivity contribution >= 4 is 23.0 Å². The quantitative estimate of drug-likeness (QED) is 0.524. The number of hydrogen-bond donors (Lipinski definition) is 1. The average molecular weight is 469 g/mol. The normalized spacial score (nSPS) is 20.2. The number of aromatic nitrogens is 4. The van der Waals surface area contributed by atoms with Gasteiger partial charge in [0.1, 0.15) is 23.6 Å². The molecule has 1 amide bonds. The van der Waals surface area contributed by atoms with Gasteiger partial charge in [0.25, 0.3) is 5.91 Å². The zero-order valence-corrected chi connectivity index (χ0v) is 19.9. The Bertz CT molecular complexity index is 1340. The lowest BCUT2D eigenvalue weighted by Gasteiger charge is -2.18. The van der Waals surface area contributed by atoms with Gasteiger partial charge in [0.05, 0.1) is 12.2 Å². The minimum Gasteiger partial charge on any atom is -0.492 e. The van der Waals surface area contributed by atoms with Crippen molar-refractivity contribution in [3.63, 3.8) is 0 Å². The molecule has 1 aliphatic heterocycles. The van der Waals surface area contributed by atoms with E-state index in [2.05, 4.69) is 36.6 Å². The second kappa shape index (κ2) is 9.66. The zero-order chi connectivity index (χ0) is 24.4. The number of rotatable bonds is 3. The summed E-state index contributed by atoms with van der Waals surface area (Å²) in [7, 11) is 0. The number of aliphatic imine (C=N–C) groups is 1. The van der Waals surface area contributed by atoms with Crippen molar-refractivity contribution in [3.05, 3.63) is 72.7 Å². The van der Waals surface area contributed by atoms with Crippen LogP contribution < -0.4 is 10.1 Å². The Morgan fingerprint density at radius 3 is 3.00 bits per heavy atom. The van der Waals surface area contributed by atoms with Crippen LogP contribution in [0.5, 0.6) is 5.75 Å². The molecular weight excluding hydrogens is 440 g/mol. The molecule has 2 atom stereocenters. The third-order valence-corrected chi connectivity index (χ3v) is 6.61. The first-order valence-electron chi connectivity index (χ1n) is 11.8. The number of nitrogens with one attached hydrogen (secondary N) is 1. The maximum Gasteiger partial charge on any atom is 0.260 e. The molecular formula is C27H28N6O2. The molecule has 3 aromatic rings. The molecule has 2 aliphatic rings. The molecule has 8 heteroatoms. The van der Waals surface area contributed by atoms with E-state index in [4.69, 9.17) is 4.74 Å². The number of allylic oxidation sites excluding steroid dienone is 2. The first-order chi connectivity index (χ1) is 17.0. The van der Waals surface area contributed by atoms with Crippen molar-refractivity contribution in [2.75, 3.05) is 11.9 Å². The summed E-state index contributed by atoms with van der Waals surface area (Å²) in [6, 6.07) is 11.5. The largest absolute Gasteiger partial charge is 0.492 e. The predicted octanol–water partition coefficient (Wildman–Crippen LogP) is 5.33. The summed E-state index contributed by atoms with van der Waals surface area (Å²) >= 11 is 0. The highest BCUT2D eigenvalue weighted by molar-refractivity contribution is 6.06. The molecule has 0 saturated heterocycles. The molecule has 1 saturated carbocycles. The summed E-state index contributed by atoms with van der Waals surface area (Å²) in [5.41, 5.74) is 3.78. The molecule has 5 rings (SSSR count). The molecule has 1 aromatic carbocycles. The van der Waals surface area contributed by atoms with Crippen molar-refractivity contribution in [1.82, 2.24) is 19.7 Å². The number of carbonyl (C=O) groups is 1. The van der Waals surface area contributed by atoms with Crippen LogP contribution in [0.2, 0.25) is 0 Å². The lowest BCUT2D eigenvalue weighted by atomic mass is 10.0. The van der Waals surface area contributed by atoms with Gasteiger partial charge in [-0.05, 0) is 80.5 Å². The van der Waals surface area contributed by atoms with Gasteiger partial charge in [-0.25, -0.2) is 4.98 Å². The Morgan fingerprint density at radius 2 is 2.14 bits per heavy atom. The minimum absolute atomic E-state index is 0.284. The fraction of sp³-hybridized carbons (Fsp3) is 0.296. The molecule has 35 heavy (non-hydrogen) atoms. The van der Waals surface area contributed by atoms with E-state index in [1.807, 2.05) is 44.2 Å². The molecule has 1 fully saturated rings. The second-order valence-electron chi connectivity index (χ2n) is 9.07. The van der Waals surface area contributed by atoms with E-state index < -0.39 is 0 Å². The highest BCUT2D eigenvalue weighted by Gasteiger charge is 2.29.